The average molecular weight is 846 g/mol. The third kappa shape index (κ3) is 9.01. The summed E-state index contributed by atoms with van der Waals surface area (Å²) in [5.41, 5.74) is 8.60. The van der Waals surface area contributed by atoms with Crippen LogP contribution in [0.1, 0.15) is 64.6 Å². The van der Waals surface area contributed by atoms with Crippen molar-refractivity contribution in [3.05, 3.63) is 164 Å². The maximum absolute atomic E-state index is 14.4. The van der Waals surface area contributed by atoms with Crippen LogP contribution in [0.25, 0.3) is 11.3 Å². The SMILES string of the molecule is CC[C@@H](c1ccccc1)N1Cc2cc3c(cc2C[C@H]1C(=O)N[C@@H](Cc1ccc(-c2cc(C)nn2C)cc1)C(=O)O)OC[C@H](c1ccc(OCc2ccc(Cl)c(Cl)c2)cc1)O3. The van der Waals surface area contributed by atoms with Gasteiger partial charge in [-0.15, -0.1) is 0 Å². The predicted octanol–water partition coefficient (Wildman–Crippen LogP) is 9.48. The van der Waals surface area contributed by atoms with E-state index in [0.29, 0.717) is 53.5 Å². The molecule has 2 N–H and O–H groups in total. The van der Waals surface area contributed by atoms with Gasteiger partial charge in [0.25, 0.3) is 0 Å². The largest absolute Gasteiger partial charge is 0.489 e. The molecule has 0 radical (unpaired) electrons. The fraction of sp³-hybridized carbons (Fsp3) is 0.271. The van der Waals surface area contributed by atoms with Gasteiger partial charge in [0.05, 0.1) is 27.5 Å². The number of aryl methyl sites for hydroxylation is 2. The van der Waals surface area contributed by atoms with Crippen LogP contribution < -0.4 is 19.5 Å². The van der Waals surface area contributed by atoms with Gasteiger partial charge in [0.2, 0.25) is 5.91 Å². The molecule has 4 atom stereocenters. The molecule has 2 aliphatic heterocycles. The van der Waals surface area contributed by atoms with E-state index < -0.39 is 18.1 Å². The Kier molecular flexibility index (Phi) is 12.2. The summed E-state index contributed by atoms with van der Waals surface area (Å²) in [5.74, 6) is 0.535. The minimum Gasteiger partial charge on any atom is -0.489 e. The lowest BCUT2D eigenvalue weighted by Crippen LogP contribution is -2.55. The molecule has 0 saturated carbocycles. The van der Waals surface area contributed by atoms with Gasteiger partial charge < -0.3 is 24.6 Å². The van der Waals surface area contributed by atoms with Gasteiger partial charge in [0.15, 0.2) is 17.6 Å². The number of nitrogens with zero attached hydrogens (tertiary/aromatic N) is 3. The quantitative estimate of drug-likeness (QED) is 0.118. The summed E-state index contributed by atoms with van der Waals surface area (Å²) in [7, 11) is 1.89. The first-order valence-corrected chi connectivity index (χ1v) is 20.8. The first-order chi connectivity index (χ1) is 29.0. The van der Waals surface area contributed by atoms with Gasteiger partial charge in [-0.25, -0.2) is 4.79 Å². The topological polar surface area (TPSA) is 115 Å². The Balaban J connectivity index is 0.993. The summed E-state index contributed by atoms with van der Waals surface area (Å²) >= 11 is 12.2. The minimum absolute atomic E-state index is 0.0973. The van der Waals surface area contributed by atoms with Gasteiger partial charge in [0.1, 0.15) is 25.0 Å². The van der Waals surface area contributed by atoms with Gasteiger partial charge in [-0.1, -0.05) is 103 Å². The van der Waals surface area contributed by atoms with E-state index in [0.717, 1.165) is 56.8 Å². The van der Waals surface area contributed by atoms with Crippen LogP contribution in [-0.4, -0.2) is 50.4 Å². The highest BCUT2D eigenvalue weighted by Gasteiger charge is 2.39. The van der Waals surface area contributed by atoms with Crippen molar-refractivity contribution in [1.82, 2.24) is 20.0 Å². The number of fused-ring (bicyclic) bond motifs is 2. The number of hydrogen-bond acceptors (Lipinski definition) is 7. The summed E-state index contributed by atoms with van der Waals surface area (Å²) in [6.45, 7) is 5.17. The van der Waals surface area contributed by atoms with Gasteiger partial charge in [-0.2, -0.15) is 5.10 Å². The number of carbonyl (C=O) groups excluding carboxylic acids is 1. The van der Waals surface area contributed by atoms with Crippen molar-refractivity contribution in [2.75, 3.05) is 6.61 Å². The monoisotopic (exact) mass is 844 g/mol. The molecule has 12 heteroatoms. The zero-order valence-electron chi connectivity index (χ0n) is 33.6. The minimum atomic E-state index is -1.12. The van der Waals surface area contributed by atoms with Crippen molar-refractivity contribution in [3.63, 3.8) is 0 Å². The summed E-state index contributed by atoms with van der Waals surface area (Å²) in [5, 5.41) is 18.7. The van der Waals surface area contributed by atoms with E-state index in [4.69, 9.17) is 37.4 Å². The molecule has 5 aromatic carbocycles. The van der Waals surface area contributed by atoms with Crippen LogP contribution in [0.2, 0.25) is 10.0 Å². The highest BCUT2D eigenvalue weighted by Crippen LogP contribution is 2.42. The number of carboxylic acids is 1. The number of carbonyl (C=O) groups is 2. The smallest absolute Gasteiger partial charge is 0.326 e. The average Bonchev–Trinajstić information content (AvgIpc) is 3.60. The van der Waals surface area contributed by atoms with Crippen molar-refractivity contribution in [2.24, 2.45) is 7.05 Å². The number of ether oxygens (including phenoxy) is 3. The van der Waals surface area contributed by atoms with E-state index in [1.807, 2.05) is 110 Å². The van der Waals surface area contributed by atoms with Crippen LogP contribution in [0.4, 0.5) is 0 Å². The van der Waals surface area contributed by atoms with Crippen LogP contribution in [0.5, 0.6) is 17.2 Å². The first-order valence-electron chi connectivity index (χ1n) is 20.1. The zero-order chi connectivity index (χ0) is 41.9. The molecule has 3 heterocycles. The van der Waals surface area contributed by atoms with Crippen molar-refractivity contribution in [1.29, 1.82) is 0 Å². The number of aliphatic carboxylic acids is 1. The Hall–Kier alpha value is -5.81. The Morgan fingerprint density at radius 3 is 2.32 bits per heavy atom. The Morgan fingerprint density at radius 2 is 1.63 bits per heavy atom. The van der Waals surface area contributed by atoms with Crippen LogP contribution in [0.15, 0.2) is 115 Å². The number of halogens is 2. The highest BCUT2D eigenvalue weighted by molar-refractivity contribution is 6.42. The van der Waals surface area contributed by atoms with Gasteiger partial charge in [-0.3, -0.25) is 14.4 Å². The summed E-state index contributed by atoms with van der Waals surface area (Å²) in [6, 6.07) is 35.2. The molecule has 0 fully saturated rings. The molecule has 8 rings (SSSR count). The standard InChI is InChI=1S/C48H46Cl2N4O6/c1-4-41(32-8-6-5-7-9-32)54-26-36-25-45-44(59-28-46(60-45)34-15-17-37(18-16-34)58-27-31-12-19-38(49)39(50)21-31)24-35(36)23-43(54)47(55)51-40(48(56)57)22-30-10-13-33(14-11-30)42-20-29(2)52-53(42)3/h5-21,24-25,40-41,43,46H,4,22-23,26-28H2,1-3H3,(H,51,55)(H,56,57)/t40-,41-,43-,46+/m0/s1. The van der Waals surface area contributed by atoms with Gasteiger partial charge in [-0.05, 0) is 101 Å². The van der Waals surface area contributed by atoms with Crippen LogP contribution in [0.3, 0.4) is 0 Å². The Bertz CT molecular complexity index is 2490. The summed E-state index contributed by atoms with van der Waals surface area (Å²) in [6.07, 6.45) is 0.918. The number of rotatable bonds is 13. The highest BCUT2D eigenvalue weighted by atomic mass is 35.5. The second kappa shape index (κ2) is 17.8. The Morgan fingerprint density at radius 1 is 0.900 bits per heavy atom. The van der Waals surface area contributed by atoms with Crippen molar-refractivity contribution in [2.45, 2.75) is 70.5 Å². The third-order valence-electron chi connectivity index (χ3n) is 11.3. The lowest BCUT2D eigenvalue weighted by atomic mass is 9.89. The molecule has 6 aromatic rings. The molecular weight excluding hydrogens is 799 g/mol. The Labute approximate surface area is 359 Å². The molecular formula is C48H46Cl2N4O6. The van der Waals surface area contributed by atoms with Crippen molar-refractivity contribution >= 4 is 35.1 Å². The normalized spacial score (nSPS) is 17.0. The predicted molar refractivity (Wildman–Crippen MR) is 232 cm³/mol. The number of benzene rings is 5. The molecule has 60 heavy (non-hydrogen) atoms. The molecule has 1 aromatic heterocycles. The molecule has 0 bridgehead atoms. The molecule has 0 spiro atoms. The molecule has 0 saturated heterocycles. The summed E-state index contributed by atoms with van der Waals surface area (Å²) < 4.78 is 20.7. The zero-order valence-corrected chi connectivity index (χ0v) is 35.1. The molecule has 1 amide bonds. The van der Waals surface area contributed by atoms with Crippen LogP contribution in [-0.2, 0) is 42.6 Å². The summed E-state index contributed by atoms with van der Waals surface area (Å²) in [4.78, 5) is 29.3. The fourth-order valence-corrected chi connectivity index (χ4v) is 8.53. The van der Waals surface area contributed by atoms with E-state index in [9.17, 15) is 14.7 Å². The molecule has 0 unspecified atom stereocenters. The fourth-order valence-electron chi connectivity index (χ4n) is 8.21. The maximum Gasteiger partial charge on any atom is 0.326 e. The number of hydrogen-bond donors (Lipinski definition) is 2. The third-order valence-corrected chi connectivity index (χ3v) is 12.1. The van der Waals surface area contributed by atoms with Gasteiger partial charge in [0, 0.05) is 26.1 Å². The van der Waals surface area contributed by atoms with E-state index in [1.54, 1.807) is 12.1 Å². The number of amides is 1. The molecule has 308 valence electrons. The molecule has 0 aliphatic carbocycles. The van der Waals surface area contributed by atoms with Gasteiger partial charge >= 0.3 is 5.97 Å². The van der Waals surface area contributed by atoms with E-state index in [2.05, 4.69) is 34.4 Å². The number of nitrogens with one attached hydrogen (secondary N) is 1. The van der Waals surface area contributed by atoms with Crippen molar-refractivity contribution in [3.8, 4) is 28.5 Å². The molecule has 10 nitrogen and oxygen atoms in total. The lowest BCUT2D eigenvalue weighted by Gasteiger charge is -2.42. The molecule has 2 aliphatic rings. The second-order valence-corrected chi connectivity index (χ2v) is 16.2. The van der Waals surface area contributed by atoms with Crippen LogP contribution in [0, 0.1) is 6.92 Å². The van der Waals surface area contributed by atoms with E-state index in [1.165, 1.54) is 0 Å². The second-order valence-electron chi connectivity index (χ2n) is 15.4. The van der Waals surface area contributed by atoms with Crippen molar-refractivity contribution < 1.29 is 28.9 Å². The van der Waals surface area contributed by atoms with E-state index in [-0.39, 0.29) is 24.5 Å². The maximum atomic E-state index is 14.4. The van der Waals surface area contributed by atoms with E-state index >= 15 is 0 Å². The number of carboxylic acid groups (broad SMARTS) is 1. The first kappa shape index (κ1) is 40.9. The van der Waals surface area contributed by atoms with Crippen LogP contribution >= 0.6 is 23.2 Å². The number of aromatic nitrogens is 2. The lowest BCUT2D eigenvalue weighted by molar-refractivity contribution is -0.143.